The van der Waals surface area contributed by atoms with E-state index >= 15 is 0 Å². The summed E-state index contributed by atoms with van der Waals surface area (Å²) in [4.78, 5) is 17.3. The van der Waals surface area contributed by atoms with Crippen molar-refractivity contribution in [3.05, 3.63) is 70.4 Å². The maximum absolute atomic E-state index is 12.9. The molecule has 0 unspecified atom stereocenters. The lowest BCUT2D eigenvalue weighted by atomic mass is 10.2. The van der Waals surface area contributed by atoms with Gasteiger partial charge in [-0.1, -0.05) is 24.3 Å². The third-order valence-corrected chi connectivity index (χ3v) is 4.04. The van der Waals surface area contributed by atoms with Gasteiger partial charge in [-0.3, -0.25) is 4.57 Å². The molecule has 0 amide bonds. The normalized spacial score (nSPS) is 11.2. The van der Waals surface area contributed by atoms with Gasteiger partial charge in [0.25, 0.3) is 0 Å². The number of hydrogen-bond acceptors (Lipinski definition) is 4. The molecule has 2 aromatic heterocycles. The zero-order valence-electron chi connectivity index (χ0n) is 13.4. The van der Waals surface area contributed by atoms with Gasteiger partial charge in [-0.25, -0.2) is 9.78 Å². The quantitative estimate of drug-likeness (QED) is 0.581. The van der Waals surface area contributed by atoms with Gasteiger partial charge in [0.15, 0.2) is 5.65 Å². The average molecular weight is 320 g/mol. The number of rotatable bonds is 3. The number of aryl methyl sites for hydroxylation is 1. The maximum atomic E-state index is 12.9. The summed E-state index contributed by atoms with van der Waals surface area (Å²) >= 11 is 0. The Bertz CT molecular complexity index is 1110. The molecular weight excluding hydrogens is 304 g/mol. The van der Waals surface area contributed by atoms with Gasteiger partial charge in [-0.2, -0.15) is 4.52 Å². The van der Waals surface area contributed by atoms with Crippen molar-refractivity contribution < 1.29 is 4.74 Å². The van der Waals surface area contributed by atoms with E-state index in [4.69, 9.17) is 4.74 Å². The Hall–Kier alpha value is -3.15. The topological polar surface area (TPSA) is 61.4 Å². The maximum Gasteiger partial charge on any atom is 0.351 e. The molecule has 0 spiro atoms. The molecule has 0 fully saturated rings. The molecule has 0 radical (unpaired) electrons. The number of para-hydroxylation sites is 1. The Balaban J connectivity index is 1.99. The molecule has 0 atom stereocenters. The summed E-state index contributed by atoms with van der Waals surface area (Å²) in [5.41, 5.74) is 2.21. The lowest BCUT2D eigenvalue weighted by Crippen LogP contribution is -2.28. The van der Waals surface area contributed by atoms with Gasteiger partial charge in [0.1, 0.15) is 11.6 Å². The van der Waals surface area contributed by atoms with Crippen molar-refractivity contribution in [2.24, 2.45) is 0 Å². The van der Waals surface area contributed by atoms with Gasteiger partial charge in [0.2, 0.25) is 0 Å². The molecule has 2 heterocycles. The van der Waals surface area contributed by atoms with Gasteiger partial charge in [-0.15, -0.1) is 5.10 Å². The fourth-order valence-corrected chi connectivity index (χ4v) is 2.94. The minimum Gasteiger partial charge on any atom is -0.497 e. The first-order chi connectivity index (χ1) is 11.7. The Labute approximate surface area is 137 Å². The van der Waals surface area contributed by atoms with Gasteiger partial charge < -0.3 is 4.74 Å². The summed E-state index contributed by atoms with van der Waals surface area (Å²) in [5.74, 6) is 1.35. The van der Waals surface area contributed by atoms with Crippen LogP contribution in [-0.4, -0.2) is 26.3 Å². The summed E-state index contributed by atoms with van der Waals surface area (Å²) in [7, 11) is 1.63. The second-order valence-corrected chi connectivity index (χ2v) is 5.63. The molecule has 0 aliphatic rings. The molecule has 2 aromatic carbocycles. The molecule has 0 aliphatic carbocycles. The molecule has 24 heavy (non-hydrogen) atoms. The third-order valence-electron chi connectivity index (χ3n) is 4.04. The van der Waals surface area contributed by atoms with Crippen molar-refractivity contribution in [2.45, 2.75) is 13.5 Å². The van der Waals surface area contributed by atoms with E-state index in [9.17, 15) is 4.79 Å². The Morgan fingerprint density at radius 1 is 1.12 bits per heavy atom. The predicted molar refractivity (Wildman–Crippen MR) is 91.6 cm³/mol. The molecule has 0 aliphatic heterocycles. The van der Waals surface area contributed by atoms with Crippen molar-refractivity contribution in [3.8, 4) is 5.75 Å². The molecule has 0 saturated heterocycles. The number of methoxy groups -OCH3 is 1. The van der Waals surface area contributed by atoms with Crippen LogP contribution >= 0.6 is 0 Å². The molecule has 0 bridgehead atoms. The van der Waals surface area contributed by atoms with E-state index < -0.39 is 0 Å². The van der Waals surface area contributed by atoms with E-state index in [1.54, 1.807) is 18.6 Å². The SMILES string of the molecule is COc1cccc(Cn2c(=O)n3nc(C)nc3c3ccccc32)c1. The van der Waals surface area contributed by atoms with Crippen LogP contribution in [0.1, 0.15) is 11.4 Å². The fourth-order valence-electron chi connectivity index (χ4n) is 2.94. The minimum absolute atomic E-state index is 0.202. The highest BCUT2D eigenvalue weighted by Gasteiger charge is 2.13. The van der Waals surface area contributed by atoms with Gasteiger partial charge in [0, 0.05) is 5.39 Å². The molecule has 4 rings (SSSR count). The van der Waals surface area contributed by atoms with E-state index in [0.29, 0.717) is 18.0 Å². The Morgan fingerprint density at radius 3 is 2.79 bits per heavy atom. The van der Waals surface area contributed by atoms with E-state index in [0.717, 1.165) is 22.2 Å². The summed E-state index contributed by atoms with van der Waals surface area (Å²) in [6, 6.07) is 15.4. The second-order valence-electron chi connectivity index (χ2n) is 5.63. The smallest absolute Gasteiger partial charge is 0.351 e. The zero-order chi connectivity index (χ0) is 16.7. The Kier molecular flexibility index (Phi) is 3.30. The molecular formula is C18H16N4O2. The van der Waals surface area contributed by atoms with Crippen LogP contribution in [0, 0.1) is 6.92 Å². The zero-order valence-corrected chi connectivity index (χ0v) is 13.4. The average Bonchev–Trinajstić information content (AvgIpc) is 3.01. The number of nitrogens with zero attached hydrogens (tertiary/aromatic N) is 4. The van der Waals surface area contributed by atoms with Gasteiger partial charge in [-0.05, 0) is 36.8 Å². The van der Waals surface area contributed by atoms with Crippen molar-refractivity contribution in [2.75, 3.05) is 7.11 Å². The largest absolute Gasteiger partial charge is 0.497 e. The van der Waals surface area contributed by atoms with E-state index in [1.807, 2.05) is 48.5 Å². The van der Waals surface area contributed by atoms with Crippen LogP contribution in [-0.2, 0) is 6.54 Å². The first kappa shape index (κ1) is 14.4. The number of fused-ring (bicyclic) bond motifs is 3. The van der Waals surface area contributed by atoms with Crippen LogP contribution in [0.25, 0.3) is 16.6 Å². The second kappa shape index (κ2) is 5.49. The molecule has 6 heteroatoms. The van der Waals surface area contributed by atoms with Gasteiger partial charge in [0.05, 0.1) is 19.2 Å². The Morgan fingerprint density at radius 2 is 1.96 bits per heavy atom. The van der Waals surface area contributed by atoms with E-state index in [1.165, 1.54) is 4.52 Å². The molecule has 4 aromatic rings. The van der Waals surface area contributed by atoms with Crippen molar-refractivity contribution in [1.82, 2.24) is 19.2 Å². The van der Waals surface area contributed by atoms with Crippen LogP contribution in [0.3, 0.4) is 0 Å². The molecule has 0 N–H and O–H groups in total. The first-order valence-electron chi connectivity index (χ1n) is 7.65. The van der Waals surface area contributed by atoms with Gasteiger partial charge >= 0.3 is 5.69 Å². The van der Waals surface area contributed by atoms with Crippen molar-refractivity contribution in [3.63, 3.8) is 0 Å². The lowest BCUT2D eigenvalue weighted by Gasteiger charge is -2.11. The number of ether oxygens (including phenoxy) is 1. The van der Waals surface area contributed by atoms with Crippen LogP contribution in [0.2, 0.25) is 0 Å². The standard InChI is InChI=1S/C18H16N4O2/c1-12-19-17-15-8-3-4-9-16(15)21(18(23)22(17)20-12)11-13-6-5-7-14(10-13)24-2/h3-10H,11H2,1-2H3. The van der Waals surface area contributed by atoms with Crippen LogP contribution in [0.5, 0.6) is 5.75 Å². The van der Waals surface area contributed by atoms with E-state index in [2.05, 4.69) is 10.1 Å². The van der Waals surface area contributed by atoms with E-state index in [-0.39, 0.29) is 5.69 Å². The summed E-state index contributed by atoms with van der Waals surface area (Å²) < 4.78 is 8.36. The molecule has 6 nitrogen and oxygen atoms in total. The van der Waals surface area contributed by atoms with Crippen LogP contribution < -0.4 is 10.4 Å². The summed E-state index contributed by atoms with van der Waals surface area (Å²) in [5, 5.41) is 5.15. The number of aromatic nitrogens is 4. The summed E-state index contributed by atoms with van der Waals surface area (Å²) in [6.07, 6.45) is 0. The monoisotopic (exact) mass is 320 g/mol. The highest BCUT2D eigenvalue weighted by atomic mass is 16.5. The van der Waals surface area contributed by atoms with Crippen LogP contribution in [0.4, 0.5) is 0 Å². The predicted octanol–water partition coefficient (Wildman–Crippen LogP) is 2.41. The highest BCUT2D eigenvalue weighted by molar-refractivity contribution is 5.91. The summed E-state index contributed by atoms with van der Waals surface area (Å²) in [6.45, 7) is 2.22. The molecule has 120 valence electrons. The molecule has 0 saturated carbocycles. The number of benzene rings is 2. The minimum atomic E-state index is -0.202. The van der Waals surface area contributed by atoms with Crippen molar-refractivity contribution >= 4 is 16.6 Å². The van der Waals surface area contributed by atoms with Crippen molar-refractivity contribution in [1.29, 1.82) is 0 Å². The highest BCUT2D eigenvalue weighted by Crippen LogP contribution is 2.19. The van der Waals surface area contributed by atoms with Crippen LogP contribution in [0.15, 0.2) is 53.3 Å². The first-order valence-corrected chi connectivity index (χ1v) is 7.65. The number of hydrogen-bond donors (Lipinski definition) is 0. The lowest BCUT2D eigenvalue weighted by molar-refractivity contribution is 0.414. The fraction of sp³-hybridized carbons (Fsp3) is 0.167. The third kappa shape index (κ3) is 2.23.